The summed E-state index contributed by atoms with van der Waals surface area (Å²) in [6.07, 6.45) is 0. The van der Waals surface area contributed by atoms with Crippen LogP contribution in [0.2, 0.25) is 5.28 Å². The second kappa shape index (κ2) is 6.68. The molecule has 0 atom stereocenters. The van der Waals surface area contributed by atoms with Crippen LogP contribution >= 0.6 is 11.6 Å². The minimum atomic E-state index is 0.244. The number of aromatic nitrogens is 2. The summed E-state index contributed by atoms with van der Waals surface area (Å²) in [5.74, 6) is 0. The molecule has 0 radical (unpaired) electrons. The molecule has 6 rings (SSSR count). The second-order valence-electron chi connectivity index (χ2n) is 7.22. The van der Waals surface area contributed by atoms with Gasteiger partial charge in [0.1, 0.15) is 11.2 Å². The van der Waals surface area contributed by atoms with Crippen molar-refractivity contribution in [3.05, 3.63) is 96.3 Å². The molecule has 30 heavy (non-hydrogen) atoms. The van der Waals surface area contributed by atoms with Gasteiger partial charge < -0.3 is 4.42 Å². The Kier molecular flexibility index (Phi) is 3.83. The number of hydrogen-bond donors (Lipinski definition) is 0. The number of fused-ring (bicyclic) bond motifs is 4. The molecular formula is C26H15ClN2O. The predicted molar refractivity (Wildman–Crippen MR) is 123 cm³/mol. The van der Waals surface area contributed by atoms with E-state index in [-0.39, 0.29) is 5.28 Å². The topological polar surface area (TPSA) is 38.9 Å². The van der Waals surface area contributed by atoms with Crippen molar-refractivity contribution in [1.29, 1.82) is 0 Å². The van der Waals surface area contributed by atoms with Crippen molar-refractivity contribution in [2.24, 2.45) is 0 Å². The number of furan rings is 1. The molecule has 4 aromatic carbocycles. The van der Waals surface area contributed by atoms with Gasteiger partial charge in [0.15, 0.2) is 0 Å². The fraction of sp³-hybridized carbons (Fsp3) is 0. The fourth-order valence-corrected chi connectivity index (χ4v) is 4.23. The van der Waals surface area contributed by atoms with E-state index in [0.717, 1.165) is 55.2 Å². The van der Waals surface area contributed by atoms with Crippen molar-refractivity contribution in [2.45, 2.75) is 0 Å². The van der Waals surface area contributed by atoms with Crippen LogP contribution in [0.25, 0.3) is 55.2 Å². The summed E-state index contributed by atoms with van der Waals surface area (Å²) >= 11 is 6.22. The van der Waals surface area contributed by atoms with Crippen molar-refractivity contribution in [3.8, 4) is 22.4 Å². The highest BCUT2D eigenvalue weighted by atomic mass is 35.5. The van der Waals surface area contributed by atoms with Crippen LogP contribution in [0, 0.1) is 0 Å². The second-order valence-corrected chi connectivity index (χ2v) is 7.56. The van der Waals surface area contributed by atoms with Crippen molar-refractivity contribution >= 4 is 44.4 Å². The Morgan fingerprint density at radius 3 is 2.33 bits per heavy atom. The highest BCUT2D eigenvalue weighted by Gasteiger charge is 2.14. The quantitative estimate of drug-likeness (QED) is 0.279. The summed E-state index contributed by atoms with van der Waals surface area (Å²) in [6.45, 7) is 0. The monoisotopic (exact) mass is 406 g/mol. The predicted octanol–water partition coefficient (Wildman–Crippen LogP) is 7.52. The minimum absolute atomic E-state index is 0.244. The molecule has 2 heterocycles. The molecule has 0 aliphatic rings. The van der Waals surface area contributed by atoms with Gasteiger partial charge >= 0.3 is 0 Å². The first kappa shape index (κ1) is 17.2. The lowest BCUT2D eigenvalue weighted by Gasteiger charge is -2.09. The van der Waals surface area contributed by atoms with Gasteiger partial charge in [-0.2, -0.15) is 0 Å². The number of rotatable bonds is 2. The molecule has 0 fully saturated rings. The largest absolute Gasteiger partial charge is 0.455 e. The van der Waals surface area contributed by atoms with Gasteiger partial charge in [-0.1, -0.05) is 72.8 Å². The highest BCUT2D eigenvalue weighted by Crippen LogP contribution is 2.37. The lowest BCUT2D eigenvalue weighted by atomic mass is 9.99. The molecule has 4 heteroatoms. The third kappa shape index (κ3) is 2.67. The Labute approximate surface area is 177 Å². The van der Waals surface area contributed by atoms with Crippen molar-refractivity contribution in [3.63, 3.8) is 0 Å². The van der Waals surface area contributed by atoms with Crippen LogP contribution in [0.4, 0.5) is 0 Å². The van der Waals surface area contributed by atoms with Gasteiger partial charge in [-0.05, 0) is 35.4 Å². The average molecular weight is 407 g/mol. The van der Waals surface area contributed by atoms with Crippen LogP contribution in [0.1, 0.15) is 0 Å². The van der Waals surface area contributed by atoms with Crippen LogP contribution in [0.3, 0.4) is 0 Å². The van der Waals surface area contributed by atoms with Crippen molar-refractivity contribution in [1.82, 2.24) is 9.97 Å². The molecule has 0 spiro atoms. The molecule has 142 valence electrons. The maximum absolute atomic E-state index is 6.23. The van der Waals surface area contributed by atoms with Crippen LogP contribution in [-0.4, -0.2) is 9.97 Å². The number of para-hydroxylation sites is 2. The van der Waals surface area contributed by atoms with Crippen LogP contribution in [0.5, 0.6) is 0 Å². The molecule has 0 aliphatic heterocycles. The molecule has 0 N–H and O–H groups in total. The molecule has 6 aromatic rings. The third-order valence-corrected chi connectivity index (χ3v) is 5.60. The van der Waals surface area contributed by atoms with Crippen molar-refractivity contribution < 1.29 is 4.42 Å². The molecule has 0 unspecified atom stereocenters. The Balaban J connectivity index is 1.64. The zero-order chi connectivity index (χ0) is 20.1. The van der Waals surface area contributed by atoms with Crippen LogP contribution in [-0.2, 0) is 0 Å². The number of halogens is 1. The minimum Gasteiger partial charge on any atom is -0.455 e. The zero-order valence-corrected chi connectivity index (χ0v) is 16.6. The van der Waals surface area contributed by atoms with E-state index >= 15 is 0 Å². The zero-order valence-electron chi connectivity index (χ0n) is 15.8. The van der Waals surface area contributed by atoms with Gasteiger partial charge in [0.25, 0.3) is 0 Å². The molecule has 3 nitrogen and oxygen atoms in total. The molecule has 0 saturated carbocycles. The van der Waals surface area contributed by atoms with E-state index in [0.29, 0.717) is 0 Å². The summed E-state index contributed by atoms with van der Waals surface area (Å²) in [6, 6.07) is 30.6. The maximum atomic E-state index is 6.23. The Morgan fingerprint density at radius 2 is 1.43 bits per heavy atom. The first-order valence-electron chi connectivity index (χ1n) is 9.71. The lowest BCUT2D eigenvalue weighted by Crippen LogP contribution is -1.92. The van der Waals surface area contributed by atoms with E-state index in [2.05, 4.69) is 46.4 Å². The van der Waals surface area contributed by atoms with E-state index in [1.807, 2.05) is 54.6 Å². The first-order chi connectivity index (χ1) is 14.8. The lowest BCUT2D eigenvalue weighted by molar-refractivity contribution is 0.670. The summed E-state index contributed by atoms with van der Waals surface area (Å²) in [5, 5.41) is 3.43. The van der Waals surface area contributed by atoms with E-state index in [1.165, 1.54) is 0 Å². The average Bonchev–Trinajstić information content (AvgIpc) is 3.18. The Morgan fingerprint density at radius 1 is 0.633 bits per heavy atom. The molecule has 0 bridgehead atoms. The van der Waals surface area contributed by atoms with Gasteiger partial charge in [-0.15, -0.1) is 0 Å². The SMILES string of the molecule is Clc1nc(-c2ccccc2)c2cc(-c3cccc4c3oc3ccccc34)ccc2n1. The Bertz CT molecular complexity index is 1550. The van der Waals surface area contributed by atoms with Gasteiger partial charge in [0.05, 0.1) is 11.2 Å². The molecule has 0 aliphatic carbocycles. The first-order valence-corrected chi connectivity index (χ1v) is 10.1. The van der Waals surface area contributed by atoms with Gasteiger partial charge in [0.2, 0.25) is 5.28 Å². The summed E-state index contributed by atoms with van der Waals surface area (Å²) < 4.78 is 6.23. The van der Waals surface area contributed by atoms with Crippen molar-refractivity contribution in [2.75, 3.05) is 0 Å². The molecule has 0 saturated heterocycles. The van der Waals surface area contributed by atoms with Gasteiger partial charge in [-0.25, -0.2) is 9.97 Å². The van der Waals surface area contributed by atoms with Gasteiger partial charge in [-0.3, -0.25) is 0 Å². The number of hydrogen-bond acceptors (Lipinski definition) is 3. The molecule has 2 aromatic heterocycles. The van der Waals surface area contributed by atoms with Crippen LogP contribution < -0.4 is 0 Å². The smallest absolute Gasteiger partial charge is 0.223 e. The van der Waals surface area contributed by atoms with E-state index in [9.17, 15) is 0 Å². The van der Waals surface area contributed by atoms with Gasteiger partial charge in [0, 0.05) is 27.3 Å². The highest BCUT2D eigenvalue weighted by molar-refractivity contribution is 6.29. The van der Waals surface area contributed by atoms with Crippen LogP contribution in [0.15, 0.2) is 95.4 Å². The summed E-state index contributed by atoms with van der Waals surface area (Å²) in [7, 11) is 0. The van der Waals surface area contributed by atoms with E-state index < -0.39 is 0 Å². The standard InChI is InChI=1S/C26H15ClN2O/c27-26-28-22-14-13-17(15-21(22)24(29-26)16-7-2-1-3-8-16)18-10-6-11-20-19-9-4-5-12-23(19)30-25(18)20/h1-15H. The van der Waals surface area contributed by atoms with E-state index in [4.69, 9.17) is 16.0 Å². The maximum Gasteiger partial charge on any atom is 0.223 e. The molecular weight excluding hydrogens is 392 g/mol. The Hall–Kier alpha value is -3.69. The summed E-state index contributed by atoms with van der Waals surface area (Å²) in [5.41, 5.74) is 6.51. The number of benzene rings is 4. The molecule has 0 amide bonds. The normalized spacial score (nSPS) is 11.5. The number of nitrogens with zero attached hydrogens (tertiary/aromatic N) is 2. The fourth-order valence-electron chi connectivity index (χ4n) is 4.06. The van der Waals surface area contributed by atoms with E-state index in [1.54, 1.807) is 0 Å². The summed E-state index contributed by atoms with van der Waals surface area (Å²) in [4.78, 5) is 8.96. The third-order valence-electron chi connectivity index (χ3n) is 5.43.